The van der Waals surface area contributed by atoms with E-state index in [2.05, 4.69) is 36.5 Å². The van der Waals surface area contributed by atoms with Crippen LogP contribution in [0.2, 0.25) is 24.2 Å². The van der Waals surface area contributed by atoms with Crippen LogP contribution in [-0.2, 0) is 6.42 Å². The molecule has 154 valence electrons. The van der Waals surface area contributed by atoms with Crippen molar-refractivity contribution in [2.45, 2.75) is 81.6 Å². The molecule has 0 aromatic heterocycles. The Balaban J connectivity index is 1.72. The van der Waals surface area contributed by atoms with Gasteiger partial charge in [-0.2, -0.15) is 0 Å². The van der Waals surface area contributed by atoms with Gasteiger partial charge < -0.3 is 21.3 Å². The molecule has 1 fully saturated rings. The molecular weight excluding hydrogens is 352 g/mol. The minimum absolute atomic E-state index is 0.188. The third-order valence-corrected chi connectivity index (χ3v) is 12.1. The van der Waals surface area contributed by atoms with Crippen LogP contribution in [-0.4, -0.2) is 43.6 Å². The molecule has 1 aromatic rings. The highest BCUT2D eigenvalue weighted by atomic mass is 28.3. The highest BCUT2D eigenvalue weighted by Crippen LogP contribution is 2.38. The molecule has 1 aromatic carbocycles. The second-order valence-corrected chi connectivity index (χ2v) is 13.7. The van der Waals surface area contributed by atoms with Crippen LogP contribution >= 0.6 is 0 Å². The van der Waals surface area contributed by atoms with Crippen LogP contribution in [0.25, 0.3) is 0 Å². The molecule has 0 spiro atoms. The number of unbranched alkanes of at least 4 members (excludes halogenated alkanes) is 1. The molecule has 1 heterocycles. The van der Waals surface area contributed by atoms with E-state index >= 15 is 0 Å². The Bertz CT molecular complexity index is 526. The largest absolute Gasteiger partial charge is 0.394 e. The molecule has 1 aliphatic heterocycles. The van der Waals surface area contributed by atoms with E-state index in [0.29, 0.717) is 6.42 Å². The topological polar surface area (TPSA) is 78.5 Å². The molecule has 0 unspecified atom stereocenters. The van der Waals surface area contributed by atoms with Crippen molar-refractivity contribution in [2.24, 2.45) is 5.73 Å². The van der Waals surface area contributed by atoms with Gasteiger partial charge in [-0.25, -0.2) is 0 Å². The maximum Gasteiger partial charge on any atom is 0.0633 e. The Labute approximate surface area is 166 Å². The molecule has 4 nitrogen and oxygen atoms in total. The van der Waals surface area contributed by atoms with Crippen LogP contribution in [0.5, 0.6) is 0 Å². The van der Waals surface area contributed by atoms with Crippen LogP contribution in [0.1, 0.15) is 51.0 Å². The normalized spacial score (nSPS) is 16.6. The lowest BCUT2D eigenvalue weighted by Gasteiger charge is -2.26. The highest BCUT2D eigenvalue weighted by molar-refractivity contribution is 6.80. The number of nitrogens with one attached hydrogen (secondary N) is 1. The first kappa shape index (κ1) is 22.4. The Morgan fingerprint density at radius 3 is 2.26 bits per heavy atom. The molecule has 0 atom stereocenters. The van der Waals surface area contributed by atoms with E-state index < -0.39 is 13.6 Å². The van der Waals surface area contributed by atoms with Gasteiger partial charge in [0.2, 0.25) is 0 Å². The summed E-state index contributed by atoms with van der Waals surface area (Å²) in [6.07, 6.45) is 8.42. The van der Waals surface area contributed by atoms with Crippen LogP contribution < -0.4 is 11.1 Å². The zero-order chi connectivity index (χ0) is 19.6. The molecular formula is C22H40N2O2Si. The van der Waals surface area contributed by atoms with Gasteiger partial charge in [-0.05, 0) is 37.0 Å². The lowest BCUT2D eigenvalue weighted by molar-refractivity contribution is 0.115. The summed E-state index contributed by atoms with van der Waals surface area (Å²) in [7, 11) is -0.929. The Hall–Kier alpha value is -0.883. The van der Waals surface area contributed by atoms with Crippen molar-refractivity contribution >= 4 is 13.8 Å². The number of aliphatic hydroxyl groups excluding tert-OH is 2. The second-order valence-electron chi connectivity index (χ2n) is 8.72. The predicted octanol–water partition coefficient (Wildman–Crippen LogP) is 4.15. The van der Waals surface area contributed by atoms with Gasteiger partial charge in [-0.15, -0.1) is 0 Å². The molecule has 0 aliphatic carbocycles. The molecule has 0 bridgehead atoms. The number of anilines is 1. The highest BCUT2D eigenvalue weighted by Gasteiger charge is 2.34. The Morgan fingerprint density at radius 2 is 1.67 bits per heavy atom. The number of aliphatic hydroxyl groups is 2. The lowest BCUT2D eigenvalue weighted by atomic mass is 9.94. The van der Waals surface area contributed by atoms with Crippen molar-refractivity contribution in [1.82, 2.24) is 0 Å². The molecule has 0 saturated carbocycles. The summed E-state index contributed by atoms with van der Waals surface area (Å²) < 4.78 is 0. The van der Waals surface area contributed by atoms with E-state index in [-0.39, 0.29) is 13.2 Å². The summed E-state index contributed by atoms with van der Waals surface area (Å²) in [6, 6.07) is 14.7. The monoisotopic (exact) mass is 392 g/mol. The maximum atomic E-state index is 9.28. The van der Waals surface area contributed by atoms with E-state index in [1.807, 2.05) is 0 Å². The summed E-state index contributed by atoms with van der Waals surface area (Å²) in [5.74, 6) is 0. The molecule has 0 amide bonds. The first-order chi connectivity index (χ1) is 13.0. The van der Waals surface area contributed by atoms with E-state index in [0.717, 1.165) is 13.0 Å². The fraction of sp³-hybridized carbons (Fsp3) is 0.727. The fourth-order valence-electron chi connectivity index (χ4n) is 4.39. The van der Waals surface area contributed by atoms with Crippen LogP contribution in [0, 0.1) is 0 Å². The van der Waals surface area contributed by atoms with Crippen molar-refractivity contribution in [2.75, 3.05) is 25.1 Å². The third kappa shape index (κ3) is 7.22. The third-order valence-electron chi connectivity index (χ3n) is 6.43. The minimum Gasteiger partial charge on any atom is -0.394 e. The van der Waals surface area contributed by atoms with Crippen molar-refractivity contribution in [3.63, 3.8) is 0 Å². The minimum atomic E-state index is -0.929. The summed E-state index contributed by atoms with van der Waals surface area (Å²) in [4.78, 5) is 0. The fourth-order valence-corrected chi connectivity index (χ4v) is 9.92. The lowest BCUT2D eigenvalue weighted by Crippen LogP contribution is -2.47. The van der Waals surface area contributed by atoms with Crippen LogP contribution in [0.3, 0.4) is 0 Å². The molecule has 1 saturated heterocycles. The molecule has 1 aliphatic rings. The summed E-state index contributed by atoms with van der Waals surface area (Å²) in [6.45, 7) is 3.02. The maximum absolute atomic E-state index is 9.28. The van der Waals surface area contributed by atoms with Crippen LogP contribution in [0.15, 0.2) is 24.3 Å². The SMILES string of the molecule is CCCC[Si]1(CCCNc2ccc(CCC(N)(CO)CO)cc2)CCCC1. The Kier molecular flexibility index (Phi) is 9.29. The summed E-state index contributed by atoms with van der Waals surface area (Å²) >= 11 is 0. The van der Waals surface area contributed by atoms with E-state index in [1.54, 1.807) is 18.1 Å². The first-order valence-electron chi connectivity index (χ1n) is 10.9. The zero-order valence-electron chi connectivity index (χ0n) is 17.2. The summed E-state index contributed by atoms with van der Waals surface area (Å²) in [5, 5.41) is 22.1. The molecule has 5 heteroatoms. The van der Waals surface area contributed by atoms with Gasteiger partial charge in [-0.1, -0.05) is 68.9 Å². The summed E-state index contributed by atoms with van der Waals surface area (Å²) in [5.41, 5.74) is 7.43. The quantitative estimate of drug-likeness (QED) is 0.300. The van der Waals surface area contributed by atoms with Crippen molar-refractivity contribution in [3.8, 4) is 0 Å². The standard InChI is InChI=1S/C22H40N2O2Si/c1-2-3-14-27(15-4-5-16-27)17-6-13-24-21-9-7-20(8-10-21)11-12-22(23,18-25)19-26/h7-10,24-26H,2-6,11-19,23H2,1H3. The first-order valence-corrected chi connectivity index (χ1v) is 13.7. The Morgan fingerprint density at radius 1 is 1.04 bits per heavy atom. The average molecular weight is 393 g/mol. The smallest absolute Gasteiger partial charge is 0.0633 e. The second kappa shape index (κ2) is 11.2. The molecule has 27 heavy (non-hydrogen) atoms. The van der Waals surface area contributed by atoms with Gasteiger partial charge in [0, 0.05) is 12.2 Å². The van der Waals surface area contributed by atoms with E-state index in [9.17, 15) is 10.2 Å². The number of hydrogen-bond acceptors (Lipinski definition) is 4. The molecule has 2 rings (SSSR count). The van der Waals surface area contributed by atoms with Crippen molar-refractivity contribution in [1.29, 1.82) is 0 Å². The number of benzene rings is 1. The van der Waals surface area contributed by atoms with E-state index in [1.165, 1.54) is 49.4 Å². The molecule has 0 radical (unpaired) electrons. The van der Waals surface area contributed by atoms with Gasteiger partial charge in [-0.3, -0.25) is 0 Å². The number of aryl methyl sites for hydroxylation is 1. The average Bonchev–Trinajstić information content (AvgIpc) is 3.18. The van der Waals surface area contributed by atoms with Crippen molar-refractivity contribution < 1.29 is 10.2 Å². The van der Waals surface area contributed by atoms with Gasteiger partial charge in [0.25, 0.3) is 0 Å². The zero-order valence-corrected chi connectivity index (χ0v) is 18.2. The van der Waals surface area contributed by atoms with Crippen molar-refractivity contribution in [3.05, 3.63) is 29.8 Å². The van der Waals surface area contributed by atoms with Gasteiger partial charge in [0.1, 0.15) is 0 Å². The molecule has 5 N–H and O–H groups in total. The van der Waals surface area contributed by atoms with Gasteiger partial charge >= 0.3 is 0 Å². The number of hydrogen-bond donors (Lipinski definition) is 4. The number of nitrogens with two attached hydrogens (primary N) is 1. The predicted molar refractivity (Wildman–Crippen MR) is 118 cm³/mol. The van der Waals surface area contributed by atoms with Gasteiger partial charge in [0.05, 0.1) is 26.8 Å². The van der Waals surface area contributed by atoms with Crippen LogP contribution in [0.4, 0.5) is 5.69 Å². The van der Waals surface area contributed by atoms with Gasteiger partial charge in [0.15, 0.2) is 0 Å². The number of rotatable bonds is 13. The van der Waals surface area contributed by atoms with E-state index in [4.69, 9.17) is 5.73 Å².